The summed E-state index contributed by atoms with van der Waals surface area (Å²) >= 11 is 0. The molecule has 1 aliphatic rings. The monoisotopic (exact) mass is 263 g/mol. The molecular weight excluding hydrogens is 246 g/mol. The smallest absolute Gasteiger partial charge is 0.251 e. The van der Waals surface area contributed by atoms with Crippen LogP contribution >= 0.6 is 0 Å². The second kappa shape index (κ2) is 5.71. The molecule has 1 unspecified atom stereocenters. The number of hydrogen-bond acceptors (Lipinski definition) is 4. The van der Waals surface area contributed by atoms with Gasteiger partial charge in [-0.1, -0.05) is 18.1 Å². The number of rotatable bonds is 4. The summed E-state index contributed by atoms with van der Waals surface area (Å²) < 4.78 is 5.30. The number of carbonyl (C=O) groups is 1. The van der Waals surface area contributed by atoms with E-state index in [0.29, 0.717) is 25.3 Å². The average Bonchev–Trinajstić information content (AvgIpc) is 2.90. The van der Waals surface area contributed by atoms with Crippen LogP contribution in [0.25, 0.3) is 0 Å². The molecule has 0 aliphatic carbocycles. The van der Waals surface area contributed by atoms with Gasteiger partial charge in [0.25, 0.3) is 5.91 Å². The third kappa shape index (κ3) is 3.03. The van der Waals surface area contributed by atoms with Crippen molar-refractivity contribution >= 4 is 11.7 Å². The lowest BCUT2D eigenvalue weighted by molar-refractivity contribution is 0.0951. The molecule has 0 fully saturated rings. The van der Waals surface area contributed by atoms with Crippen molar-refractivity contribution in [1.82, 2.24) is 5.32 Å². The van der Waals surface area contributed by atoms with Crippen LogP contribution in [-0.4, -0.2) is 23.5 Å². The number of ether oxygens (including phenoxy) is 1. The van der Waals surface area contributed by atoms with Crippen LogP contribution in [0.4, 0.5) is 0 Å². The van der Waals surface area contributed by atoms with Crippen LogP contribution in [0.3, 0.4) is 0 Å². The molecule has 1 aromatic carbocycles. The third-order valence-electron chi connectivity index (χ3n) is 3.17. The average molecular weight is 263 g/mol. The number of carbonyl (C=O) groups excluding carboxylic acids is 1. The molecule has 6 nitrogen and oxygen atoms in total. The van der Waals surface area contributed by atoms with Crippen LogP contribution in [0.5, 0.6) is 0 Å². The Hall–Kier alpha value is -2.08. The number of nitrogens with zero attached hydrogens (tertiary/aromatic N) is 1. The first-order valence-corrected chi connectivity index (χ1v) is 6.07. The van der Waals surface area contributed by atoms with E-state index in [9.17, 15) is 4.79 Å². The Morgan fingerprint density at radius 1 is 1.53 bits per heavy atom. The lowest BCUT2D eigenvalue weighted by Crippen LogP contribution is -2.34. The van der Waals surface area contributed by atoms with Gasteiger partial charge in [0.1, 0.15) is 5.84 Å². The fraction of sp³-hybridized carbons (Fsp3) is 0.385. The molecular formula is C13H17N3O3. The molecule has 0 aromatic heterocycles. The largest absolute Gasteiger partial charge is 0.409 e. The van der Waals surface area contributed by atoms with Gasteiger partial charge in [0, 0.05) is 18.0 Å². The zero-order chi connectivity index (χ0) is 13.8. The Balaban J connectivity index is 1.97. The van der Waals surface area contributed by atoms with Crippen LogP contribution in [0, 0.1) is 5.92 Å². The number of amides is 1. The van der Waals surface area contributed by atoms with Gasteiger partial charge < -0.3 is 21.0 Å². The summed E-state index contributed by atoms with van der Waals surface area (Å²) in [6.45, 7) is 3.25. The van der Waals surface area contributed by atoms with Gasteiger partial charge in [0.2, 0.25) is 0 Å². The lowest BCUT2D eigenvalue weighted by atomic mass is 10.1. The summed E-state index contributed by atoms with van der Waals surface area (Å²) in [6, 6.07) is 5.52. The Labute approximate surface area is 111 Å². The summed E-state index contributed by atoms with van der Waals surface area (Å²) in [5, 5.41) is 14.2. The van der Waals surface area contributed by atoms with E-state index >= 15 is 0 Å². The van der Waals surface area contributed by atoms with Crippen molar-refractivity contribution in [3.05, 3.63) is 34.9 Å². The minimum atomic E-state index is -0.216. The number of oxime groups is 1. The Morgan fingerprint density at radius 3 is 3.00 bits per heavy atom. The van der Waals surface area contributed by atoms with E-state index in [4.69, 9.17) is 15.7 Å². The SMILES string of the molecule is CC(CNC(=O)c1ccc2c(c1)COC2)C(N)=NO. The van der Waals surface area contributed by atoms with Crippen molar-refractivity contribution in [2.75, 3.05) is 6.54 Å². The highest BCUT2D eigenvalue weighted by Crippen LogP contribution is 2.20. The first-order valence-electron chi connectivity index (χ1n) is 6.07. The highest BCUT2D eigenvalue weighted by Gasteiger charge is 2.15. The topological polar surface area (TPSA) is 96.9 Å². The Kier molecular flexibility index (Phi) is 4.01. The van der Waals surface area contributed by atoms with Gasteiger partial charge in [-0.3, -0.25) is 4.79 Å². The number of nitrogens with one attached hydrogen (secondary N) is 1. The molecule has 1 aliphatic heterocycles. The molecule has 0 saturated carbocycles. The minimum Gasteiger partial charge on any atom is -0.409 e. The van der Waals surface area contributed by atoms with E-state index in [1.165, 1.54) is 0 Å². The quantitative estimate of drug-likeness (QED) is 0.324. The van der Waals surface area contributed by atoms with Crippen molar-refractivity contribution in [1.29, 1.82) is 0 Å². The van der Waals surface area contributed by atoms with E-state index in [1.807, 2.05) is 12.1 Å². The molecule has 19 heavy (non-hydrogen) atoms. The van der Waals surface area contributed by atoms with Crippen LogP contribution < -0.4 is 11.1 Å². The van der Waals surface area contributed by atoms with E-state index in [0.717, 1.165) is 11.1 Å². The van der Waals surface area contributed by atoms with Crippen LogP contribution in [0.15, 0.2) is 23.4 Å². The van der Waals surface area contributed by atoms with Gasteiger partial charge in [-0.25, -0.2) is 0 Å². The maximum atomic E-state index is 12.0. The summed E-state index contributed by atoms with van der Waals surface area (Å²) in [6.07, 6.45) is 0. The number of benzene rings is 1. The van der Waals surface area contributed by atoms with Crippen molar-refractivity contribution in [3.8, 4) is 0 Å². The van der Waals surface area contributed by atoms with Crippen molar-refractivity contribution in [2.45, 2.75) is 20.1 Å². The van der Waals surface area contributed by atoms with Gasteiger partial charge in [0.15, 0.2) is 0 Å². The van der Waals surface area contributed by atoms with Crippen molar-refractivity contribution in [3.63, 3.8) is 0 Å². The maximum Gasteiger partial charge on any atom is 0.251 e. The fourth-order valence-electron chi connectivity index (χ4n) is 1.86. The first-order chi connectivity index (χ1) is 9.11. The van der Waals surface area contributed by atoms with Gasteiger partial charge in [-0.2, -0.15) is 0 Å². The molecule has 0 spiro atoms. The van der Waals surface area contributed by atoms with E-state index in [1.54, 1.807) is 13.0 Å². The molecule has 0 bridgehead atoms. The molecule has 6 heteroatoms. The zero-order valence-corrected chi connectivity index (χ0v) is 10.7. The minimum absolute atomic E-state index is 0.0997. The molecule has 0 radical (unpaired) electrons. The number of amidine groups is 1. The predicted octanol–water partition coefficient (Wildman–Crippen LogP) is 0.829. The number of fused-ring (bicyclic) bond motifs is 1. The standard InChI is InChI=1S/C13H17N3O3/c1-8(12(14)16-18)5-15-13(17)9-2-3-10-6-19-7-11(10)4-9/h2-4,8,18H,5-7H2,1H3,(H2,14,16)(H,15,17). The summed E-state index contributed by atoms with van der Waals surface area (Å²) in [4.78, 5) is 12.0. The highest BCUT2D eigenvalue weighted by molar-refractivity contribution is 5.95. The van der Waals surface area contributed by atoms with Crippen molar-refractivity contribution < 1.29 is 14.7 Å². The highest BCUT2D eigenvalue weighted by atomic mass is 16.5. The number of hydrogen-bond donors (Lipinski definition) is 3. The third-order valence-corrected chi connectivity index (χ3v) is 3.17. The molecule has 102 valence electrons. The maximum absolute atomic E-state index is 12.0. The predicted molar refractivity (Wildman–Crippen MR) is 69.8 cm³/mol. The van der Waals surface area contributed by atoms with Gasteiger partial charge in [0.05, 0.1) is 13.2 Å². The van der Waals surface area contributed by atoms with Crippen LogP contribution in [0.2, 0.25) is 0 Å². The summed E-state index contributed by atoms with van der Waals surface area (Å²) in [7, 11) is 0. The van der Waals surface area contributed by atoms with E-state index in [2.05, 4.69) is 10.5 Å². The normalized spacial score (nSPS) is 15.9. The van der Waals surface area contributed by atoms with Gasteiger partial charge >= 0.3 is 0 Å². The van der Waals surface area contributed by atoms with Crippen molar-refractivity contribution in [2.24, 2.45) is 16.8 Å². The van der Waals surface area contributed by atoms with Gasteiger partial charge in [-0.05, 0) is 23.3 Å². The fourth-order valence-corrected chi connectivity index (χ4v) is 1.86. The van der Waals surface area contributed by atoms with Crippen LogP contribution in [0.1, 0.15) is 28.4 Å². The molecule has 0 saturated heterocycles. The zero-order valence-electron chi connectivity index (χ0n) is 10.7. The Bertz CT molecular complexity index is 514. The molecule has 2 rings (SSSR count). The van der Waals surface area contributed by atoms with E-state index < -0.39 is 0 Å². The summed E-state index contributed by atoms with van der Waals surface area (Å²) in [5.74, 6) is -0.290. The Morgan fingerprint density at radius 2 is 2.26 bits per heavy atom. The van der Waals surface area contributed by atoms with E-state index in [-0.39, 0.29) is 17.7 Å². The van der Waals surface area contributed by atoms with Gasteiger partial charge in [-0.15, -0.1) is 0 Å². The number of nitrogens with two attached hydrogens (primary N) is 1. The molecule has 1 atom stereocenters. The van der Waals surface area contributed by atoms with Crippen LogP contribution in [-0.2, 0) is 18.0 Å². The molecule has 4 N–H and O–H groups in total. The second-order valence-electron chi connectivity index (χ2n) is 4.61. The first kappa shape index (κ1) is 13.4. The molecule has 1 heterocycles. The summed E-state index contributed by atoms with van der Waals surface area (Å²) in [5.41, 5.74) is 8.22. The molecule has 1 aromatic rings. The lowest BCUT2D eigenvalue weighted by Gasteiger charge is -2.11. The second-order valence-corrected chi connectivity index (χ2v) is 4.61. The molecule has 1 amide bonds.